The van der Waals surface area contributed by atoms with Crippen LogP contribution in [-0.4, -0.2) is 0 Å². The lowest BCUT2D eigenvalue weighted by molar-refractivity contribution is 0.712. The van der Waals surface area contributed by atoms with Crippen LogP contribution in [0.4, 0.5) is 0 Å². The van der Waals surface area contributed by atoms with Gasteiger partial charge in [-0.25, -0.2) is 0 Å². The lowest BCUT2D eigenvalue weighted by atomic mass is 10.1. The van der Waals surface area contributed by atoms with E-state index in [1.54, 1.807) is 23.5 Å². The summed E-state index contributed by atoms with van der Waals surface area (Å²) in [6, 6.07) is 7.48. The first-order valence-corrected chi connectivity index (χ1v) is 7.48. The third-order valence-corrected chi connectivity index (χ3v) is 4.73. The average Bonchev–Trinajstić information content (AvgIpc) is 2.76. The molecule has 0 saturated carbocycles. The molecule has 1 aromatic heterocycles. The van der Waals surface area contributed by atoms with Crippen molar-refractivity contribution < 1.29 is 0 Å². The molecule has 18 heavy (non-hydrogen) atoms. The fourth-order valence-electron chi connectivity index (χ4n) is 1.67. The minimum Gasteiger partial charge on any atom is -0.323 e. The first-order valence-electron chi connectivity index (χ1n) is 5.53. The molecule has 0 radical (unpaired) electrons. The van der Waals surface area contributed by atoms with Crippen LogP contribution in [0, 0.1) is 0 Å². The molecule has 0 saturated heterocycles. The molecule has 1 atom stereocenters. The highest BCUT2D eigenvalue weighted by Gasteiger charge is 2.14. The van der Waals surface area contributed by atoms with E-state index in [2.05, 4.69) is 6.92 Å². The monoisotopic (exact) mass is 319 g/mol. The molecule has 0 aliphatic rings. The number of thiophene rings is 1. The Labute approximate surface area is 125 Å². The van der Waals surface area contributed by atoms with Gasteiger partial charge in [0.15, 0.2) is 0 Å². The summed E-state index contributed by atoms with van der Waals surface area (Å²) in [4.78, 5) is 2.15. The van der Waals surface area contributed by atoms with Crippen LogP contribution in [0.2, 0.25) is 15.1 Å². The van der Waals surface area contributed by atoms with Crippen molar-refractivity contribution in [3.63, 3.8) is 0 Å². The molecular weight excluding hydrogens is 309 g/mol. The first-order chi connectivity index (χ1) is 8.52. The second-order valence-electron chi connectivity index (χ2n) is 3.96. The minimum atomic E-state index is 0.0635. The maximum absolute atomic E-state index is 6.20. The molecule has 1 heterocycles. The molecule has 1 unspecified atom stereocenters. The number of halogens is 3. The smallest absolute Gasteiger partial charge is 0.0522 e. The molecule has 0 aliphatic heterocycles. The lowest BCUT2D eigenvalue weighted by Gasteiger charge is -2.06. The number of benzene rings is 1. The molecule has 0 amide bonds. The number of rotatable bonds is 3. The Kier molecular flexibility index (Phi) is 4.57. The van der Waals surface area contributed by atoms with Crippen LogP contribution in [0.15, 0.2) is 24.3 Å². The van der Waals surface area contributed by atoms with Gasteiger partial charge < -0.3 is 5.73 Å². The van der Waals surface area contributed by atoms with E-state index in [4.69, 9.17) is 40.5 Å². The molecule has 0 fully saturated rings. The SMILES string of the molecule is CCC(N)c1ccc(-c2c(Cl)cc(Cl)cc2Cl)s1. The fourth-order valence-corrected chi connectivity index (χ4v) is 3.96. The number of hydrogen-bond acceptors (Lipinski definition) is 2. The standard InChI is InChI=1S/C13H12Cl3NS/c1-2-10(17)11-3-4-12(18-11)13-8(15)5-7(14)6-9(13)16/h3-6,10H,2,17H2,1H3. The largest absolute Gasteiger partial charge is 0.323 e. The van der Waals surface area contributed by atoms with Gasteiger partial charge in [0.2, 0.25) is 0 Å². The van der Waals surface area contributed by atoms with Crippen LogP contribution in [0.25, 0.3) is 10.4 Å². The summed E-state index contributed by atoms with van der Waals surface area (Å²) in [5.74, 6) is 0. The van der Waals surface area contributed by atoms with Gasteiger partial charge in [-0.2, -0.15) is 0 Å². The maximum atomic E-state index is 6.20. The Bertz CT molecular complexity index is 542. The van der Waals surface area contributed by atoms with Crippen LogP contribution in [0.5, 0.6) is 0 Å². The summed E-state index contributed by atoms with van der Waals surface area (Å²) < 4.78 is 0. The van der Waals surface area contributed by atoms with Crippen molar-refractivity contribution in [1.82, 2.24) is 0 Å². The van der Waals surface area contributed by atoms with E-state index < -0.39 is 0 Å². The van der Waals surface area contributed by atoms with Crippen molar-refractivity contribution in [3.05, 3.63) is 44.2 Å². The highest BCUT2D eigenvalue weighted by Crippen LogP contribution is 2.41. The van der Waals surface area contributed by atoms with Gasteiger partial charge >= 0.3 is 0 Å². The zero-order valence-electron chi connectivity index (χ0n) is 9.71. The van der Waals surface area contributed by atoms with Crippen molar-refractivity contribution in [2.75, 3.05) is 0 Å². The number of hydrogen-bond donors (Lipinski definition) is 1. The summed E-state index contributed by atoms with van der Waals surface area (Å²) in [7, 11) is 0. The van der Waals surface area contributed by atoms with E-state index in [0.29, 0.717) is 15.1 Å². The lowest BCUT2D eigenvalue weighted by Crippen LogP contribution is -2.05. The Hall–Kier alpha value is -0.250. The van der Waals surface area contributed by atoms with Crippen molar-refractivity contribution in [2.24, 2.45) is 5.73 Å². The molecule has 2 aromatic rings. The predicted molar refractivity (Wildman–Crippen MR) is 82.0 cm³/mol. The van der Waals surface area contributed by atoms with Crippen LogP contribution in [0.1, 0.15) is 24.3 Å². The molecule has 0 bridgehead atoms. The Morgan fingerprint density at radius 1 is 1.17 bits per heavy atom. The van der Waals surface area contributed by atoms with Gasteiger partial charge in [-0.1, -0.05) is 41.7 Å². The topological polar surface area (TPSA) is 26.0 Å². The highest BCUT2D eigenvalue weighted by atomic mass is 35.5. The van der Waals surface area contributed by atoms with Crippen molar-refractivity contribution in [2.45, 2.75) is 19.4 Å². The molecule has 1 nitrogen and oxygen atoms in total. The maximum Gasteiger partial charge on any atom is 0.0522 e. The molecular formula is C13H12Cl3NS. The third-order valence-electron chi connectivity index (χ3n) is 2.69. The van der Waals surface area contributed by atoms with E-state index in [0.717, 1.165) is 21.7 Å². The Balaban J connectivity index is 2.46. The van der Waals surface area contributed by atoms with Crippen LogP contribution >= 0.6 is 46.1 Å². The van der Waals surface area contributed by atoms with Gasteiger partial charge in [-0.3, -0.25) is 0 Å². The van der Waals surface area contributed by atoms with Gasteiger partial charge in [-0.05, 0) is 30.7 Å². The summed E-state index contributed by atoms with van der Waals surface area (Å²) in [5, 5.41) is 1.66. The molecule has 1 aromatic carbocycles. The number of nitrogens with two attached hydrogens (primary N) is 1. The fraction of sp³-hybridized carbons (Fsp3) is 0.231. The molecule has 2 N–H and O–H groups in total. The van der Waals surface area contributed by atoms with Crippen molar-refractivity contribution in [3.8, 4) is 10.4 Å². The zero-order valence-corrected chi connectivity index (χ0v) is 12.8. The van der Waals surface area contributed by atoms with Crippen molar-refractivity contribution >= 4 is 46.1 Å². The second kappa shape index (κ2) is 5.81. The summed E-state index contributed by atoms with van der Waals surface area (Å²) in [5.41, 5.74) is 6.83. The summed E-state index contributed by atoms with van der Waals surface area (Å²) in [6.45, 7) is 2.06. The summed E-state index contributed by atoms with van der Waals surface area (Å²) in [6.07, 6.45) is 0.905. The van der Waals surface area contributed by atoms with Gasteiger partial charge in [0.05, 0.1) is 10.0 Å². The Morgan fingerprint density at radius 3 is 2.33 bits per heavy atom. The first kappa shape index (κ1) is 14.2. The van der Waals surface area contributed by atoms with Crippen molar-refractivity contribution in [1.29, 1.82) is 0 Å². The van der Waals surface area contributed by atoms with Crippen LogP contribution in [0.3, 0.4) is 0 Å². The average molecular weight is 321 g/mol. The molecule has 0 spiro atoms. The predicted octanol–water partition coefficient (Wildman–Crippen LogP) is 5.79. The van der Waals surface area contributed by atoms with E-state index in [1.807, 2.05) is 12.1 Å². The van der Waals surface area contributed by atoms with E-state index in [1.165, 1.54) is 0 Å². The normalized spacial score (nSPS) is 12.7. The Morgan fingerprint density at radius 2 is 1.78 bits per heavy atom. The van der Waals surface area contributed by atoms with E-state index in [-0.39, 0.29) is 6.04 Å². The minimum absolute atomic E-state index is 0.0635. The molecule has 96 valence electrons. The highest BCUT2D eigenvalue weighted by molar-refractivity contribution is 7.15. The second-order valence-corrected chi connectivity index (χ2v) is 6.33. The quantitative estimate of drug-likeness (QED) is 0.761. The van der Waals surface area contributed by atoms with E-state index >= 15 is 0 Å². The molecule has 0 aliphatic carbocycles. The van der Waals surface area contributed by atoms with Gasteiger partial charge in [0.1, 0.15) is 0 Å². The van der Waals surface area contributed by atoms with Gasteiger partial charge in [0.25, 0.3) is 0 Å². The third kappa shape index (κ3) is 2.84. The van der Waals surface area contributed by atoms with Crippen LogP contribution < -0.4 is 5.73 Å². The molecule has 2 rings (SSSR count). The molecule has 5 heteroatoms. The van der Waals surface area contributed by atoms with E-state index in [9.17, 15) is 0 Å². The summed E-state index contributed by atoms with van der Waals surface area (Å²) >= 11 is 19.9. The van der Waals surface area contributed by atoms with Gasteiger partial charge in [0, 0.05) is 26.4 Å². The van der Waals surface area contributed by atoms with Crippen LogP contribution in [-0.2, 0) is 0 Å². The zero-order chi connectivity index (χ0) is 13.3. The van der Waals surface area contributed by atoms with Gasteiger partial charge in [-0.15, -0.1) is 11.3 Å².